The molecule has 3 amide bonds. The third-order valence-corrected chi connectivity index (χ3v) is 2.13. The minimum atomic E-state index is -1.27. The topological polar surface area (TPSA) is 148 Å². The number of nitrogens with two attached hydrogens (primary N) is 1. The van der Waals surface area contributed by atoms with Crippen LogP contribution in [-0.4, -0.2) is 48.7 Å². The maximum atomic E-state index is 11.3. The van der Waals surface area contributed by atoms with Gasteiger partial charge in [-0.15, -0.1) is 0 Å². The minimum absolute atomic E-state index is 0.00447. The number of carboxylic acid groups (broad SMARTS) is 1. The van der Waals surface area contributed by atoms with Crippen LogP contribution in [0.3, 0.4) is 0 Å². The maximum Gasteiger partial charge on any atom is 0.326 e. The van der Waals surface area contributed by atoms with E-state index in [0.717, 1.165) is 0 Å². The number of carbonyl (C=O) groups is 4. The maximum absolute atomic E-state index is 11.3. The number of aliphatic carboxylic acids is 1. The molecule has 0 rings (SSSR count). The van der Waals surface area contributed by atoms with E-state index in [1.54, 1.807) is 0 Å². The molecule has 0 unspecified atom stereocenters. The quantitative estimate of drug-likeness (QED) is 0.399. The predicted molar refractivity (Wildman–Crippen MR) is 63.0 cm³/mol. The lowest BCUT2D eigenvalue weighted by atomic mass is 10.1. The van der Waals surface area contributed by atoms with Crippen LogP contribution in [0.2, 0.25) is 0 Å². The van der Waals surface area contributed by atoms with Gasteiger partial charge in [-0.05, 0) is 6.42 Å². The zero-order valence-corrected chi connectivity index (χ0v) is 10.5. The van der Waals surface area contributed by atoms with E-state index in [9.17, 15) is 19.2 Å². The molecular weight excluding hydrogens is 258 g/mol. The number of amides is 3. The number of primary amides is 1. The van der Waals surface area contributed by atoms with Gasteiger partial charge in [-0.3, -0.25) is 9.59 Å². The number of methoxy groups -OCH3 is 1. The molecule has 0 aliphatic rings. The van der Waals surface area contributed by atoms with Crippen LogP contribution in [0.5, 0.6) is 0 Å². The van der Waals surface area contributed by atoms with Crippen molar-refractivity contribution in [2.24, 2.45) is 5.73 Å². The van der Waals surface area contributed by atoms with Crippen LogP contribution < -0.4 is 16.4 Å². The smallest absolute Gasteiger partial charge is 0.326 e. The van der Waals surface area contributed by atoms with Crippen molar-refractivity contribution < 1.29 is 29.0 Å². The van der Waals surface area contributed by atoms with Gasteiger partial charge in [0.05, 0.1) is 7.11 Å². The molecular formula is C10H17N3O6. The van der Waals surface area contributed by atoms with Gasteiger partial charge in [0, 0.05) is 19.4 Å². The average Bonchev–Trinajstić information content (AvgIpc) is 2.33. The Hall–Kier alpha value is -2.32. The molecule has 0 aromatic heterocycles. The molecule has 19 heavy (non-hydrogen) atoms. The zero-order valence-electron chi connectivity index (χ0n) is 10.5. The van der Waals surface area contributed by atoms with Gasteiger partial charge in [-0.1, -0.05) is 0 Å². The largest absolute Gasteiger partial charge is 0.480 e. The molecule has 0 heterocycles. The number of carbonyl (C=O) groups excluding carboxylic acids is 3. The highest BCUT2D eigenvalue weighted by molar-refractivity contribution is 5.83. The number of esters is 1. The fraction of sp³-hybridized carbons (Fsp3) is 0.600. The lowest BCUT2D eigenvalue weighted by molar-refractivity contribution is -0.142. The SMILES string of the molecule is COC(=O)CC[C@H](NC(=O)NCCC(N)=O)C(=O)O. The van der Waals surface area contributed by atoms with Crippen molar-refractivity contribution in [3.8, 4) is 0 Å². The van der Waals surface area contributed by atoms with Crippen molar-refractivity contribution in [2.45, 2.75) is 25.3 Å². The molecule has 1 atom stereocenters. The number of rotatable bonds is 8. The van der Waals surface area contributed by atoms with E-state index in [2.05, 4.69) is 15.4 Å². The number of hydrogen-bond acceptors (Lipinski definition) is 5. The number of nitrogens with one attached hydrogen (secondary N) is 2. The van der Waals surface area contributed by atoms with Crippen molar-refractivity contribution in [3.63, 3.8) is 0 Å². The molecule has 0 bridgehead atoms. The Labute approximate surface area is 109 Å². The van der Waals surface area contributed by atoms with E-state index < -0.39 is 29.9 Å². The molecule has 9 nitrogen and oxygen atoms in total. The Balaban J connectivity index is 4.12. The summed E-state index contributed by atoms with van der Waals surface area (Å²) in [7, 11) is 1.18. The molecule has 0 radical (unpaired) electrons. The third kappa shape index (κ3) is 8.41. The first-order valence-electron chi connectivity index (χ1n) is 5.49. The van der Waals surface area contributed by atoms with Crippen LogP contribution in [0.1, 0.15) is 19.3 Å². The van der Waals surface area contributed by atoms with Gasteiger partial charge in [0.2, 0.25) is 5.91 Å². The van der Waals surface area contributed by atoms with E-state index in [1.165, 1.54) is 7.11 Å². The first-order valence-corrected chi connectivity index (χ1v) is 5.49. The van der Waals surface area contributed by atoms with Crippen molar-refractivity contribution >= 4 is 23.9 Å². The normalized spacial score (nSPS) is 11.2. The predicted octanol–water partition coefficient (Wildman–Crippen LogP) is -1.43. The second-order valence-electron chi connectivity index (χ2n) is 3.62. The summed E-state index contributed by atoms with van der Waals surface area (Å²) in [5.74, 6) is -2.42. The highest BCUT2D eigenvalue weighted by atomic mass is 16.5. The molecule has 0 spiro atoms. The van der Waals surface area contributed by atoms with Crippen LogP contribution >= 0.6 is 0 Å². The molecule has 0 saturated carbocycles. The van der Waals surface area contributed by atoms with Crippen molar-refractivity contribution in [3.05, 3.63) is 0 Å². The Morgan fingerprint density at radius 1 is 1.26 bits per heavy atom. The monoisotopic (exact) mass is 275 g/mol. The average molecular weight is 275 g/mol. The van der Waals surface area contributed by atoms with Gasteiger partial charge in [-0.25, -0.2) is 9.59 Å². The van der Waals surface area contributed by atoms with Gasteiger partial charge in [0.15, 0.2) is 0 Å². The van der Waals surface area contributed by atoms with Gasteiger partial charge < -0.3 is 26.2 Å². The van der Waals surface area contributed by atoms with Crippen LogP contribution in [0.15, 0.2) is 0 Å². The molecule has 0 aliphatic carbocycles. The molecule has 9 heteroatoms. The Morgan fingerprint density at radius 2 is 1.89 bits per heavy atom. The van der Waals surface area contributed by atoms with Crippen LogP contribution in [0.4, 0.5) is 4.79 Å². The summed E-state index contributed by atoms with van der Waals surface area (Å²) in [5.41, 5.74) is 4.87. The fourth-order valence-corrected chi connectivity index (χ4v) is 1.13. The number of urea groups is 1. The van der Waals surface area contributed by atoms with Crippen LogP contribution in [0, 0.1) is 0 Å². The lowest BCUT2D eigenvalue weighted by Gasteiger charge is -2.14. The van der Waals surface area contributed by atoms with Crippen molar-refractivity contribution in [2.75, 3.05) is 13.7 Å². The molecule has 108 valence electrons. The molecule has 0 fully saturated rings. The second kappa shape index (κ2) is 8.72. The molecule has 0 aliphatic heterocycles. The minimum Gasteiger partial charge on any atom is -0.480 e. The van der Waals surface area contributed by atoms with Gasteiger partial charge in [-0.2, -0.15) is 0 Å². The number of carboxylic acids is 1. The van der Waals surface area contributed by atoms with Crippen LogP contribution in [-0.2, 0) is 19.1 Å². The summed E-state index contributed by atoms with van der Waals surface area (Å²) in [6, 6.07) is -1.97. The summed E-state index contributed by atoms with van der Waals surface area (Å²) < 4.78 is 4.37. The van der Waals surface area contributed by atoms with Crippen molar-refractivity contribution in [1.82, 2.24) is 10.6 Å². The van der Waals surface area contributed by atoms with Gasteiger partial charge >= 0.3 is 18.0 Å². The van der Waals surface area contributed by atoms with E-state index in [4.69, 9.17) is 10.8 Å². The Kier molecular flexibility index (Phi) is 7.66. The summed E-state index contributed by atoms with van der Waals surface area (Å²) in [6.45, 7) is 0.00447. The highest BCUT2D eigenvalue weighted by Crippen LogP contribution is 1.99. The van der Waals surface area contributed by atoms with E-state index in [1.807, 2.05) is 0 Å². The molecule has 0 aromatic rings. The zero-order chi connectivity index (χ0) is 14.8. The lowest BCUT2D eigenvalue weighted by Crippen LogP contribution is -2.46. The number of ether oxygens (including phenoxy) is 1. The first-order chi connectivity index (χ1) is 8.86. The summed E-state index contributed by atoms with van der Waals surface area (Å²) in [6.07, 6.45) is -0.270. The highest BCUT2D eigenvalue weighted by Gasteiger charge is 2.20. The summed E-state index contributed by atoms with van der Waals surface area (Å²) in [5, 5.41) is 13.3. The van der Waals surface area contributed by atoms with Gasteiger partial charge in [0.25, 0.3) is 0 Å². The van der Waals surface area contributed by atoms with E-state index in [-0.39, 0.29) is 25.8 Å². The van der Waals surface area contributed by atoms with E-state index >= 15 is 0 Å². The second-order valence-corrected chi connectivity index (χ2v) is 3.62. The number of hydrogen-bond donors (Lipinski definition) is 4. The fourth-order valence-electron chi connectivity index (χ4n) is 1.13. The summed E-state index contributed by atoms with van der Waals surface area (Å²) >= 11 is 0. The Morgan fingerprint density at radius 3 is 2.37 bits per heavy atom. The Bertz CT molecular complexity index is 357. The molecule has 5 N–H and O–H groups in total. The van der Waals surface area contributed by atoms with Gasteiger partial charge in [0.1, 0.15) is 6.04 Å². The third-order valence-electron chi connectivity index (χ3n) is 2.13. The molecule has 0 saturated heterocycles. The summed E-state index contributed by atoms with van der Waals surface area (Å²) in [4.78, 5) is 43.5. The first kappa shape index (κ1) is 16.7. The standard InChI is InChI=1S/C10H17N3O6/c1-19-8(15)3-2-6(9(16)17)13-10(18)12-5-4-7(11)14/h6H,2-5H2,1H3,(H2,11,14)(H,16,17)(H2,12,13,18)/t6-/m0/s1. The van der Waals surface area contributed by atoms with E-state index in [0.29, 0.717) is 0 Å². The molecule has 0 aromatic carbocycles. The van der Waals surface area contributed by atoms with Crippen molar-refractivity contribution in [1.29, 1.82) is 0 Å². The van der Waals surface area contributed by atoms with Crippen LogP contribution in [0.25, 0.3) is 0 Å².